The Balaban J connectivity index is 0.0000122. The summed E-state index contributed by atoms with van der Waals surface area (Å²) in [5.74, 6) is -4.46. The van der Waals surface area contributed by atoms with Crippen LogP contribution in [0.4, 0.5) is 0 Å². The van der Waals surface area contributed by atoms with Crippen LogP contribution in [0, 0.1) is 17.3 Å². The number of Topliss-reactive ketones (excluding diaryl/α,β-unsaturated/α-hetero) is 2. The molecule has 0 spiro atoms. The average Bonchev–Trinajstić information content (AvgIpc) is 2.76. The van der Waals surface area contributed by atoms with E-state index in [9.17, 15) is 27.9 Å². The number of carbonyl (C=O) groups excluding carboxylic acids is 3. The molecule has 0 saturated carbocycles. The summed E-state index contributed by atoms with van der Waals surface area (Å²) < 4.78 is 37.3. The first-order valence-corrected chi connectivity index (χ1v) is 12.8. The van der Waals surface area contributed by atoms with Crippen molar-refractivity contribution in [1.29, 1.82) is 0 Å². The van der Waals surface area contributed by atoms with Gasteiger partial charge >= 0.3 is 35.5 Å². The molecule has 0 fully saturated rings. The summed E-state index contributed by atoms with van der Waals surface area (Å²) in [4.78, 5) is 40.7. The van der Waals surface area contributed by atoms with E-state index in [0.717, 1.165) is 0 Å². The molecule has 0 bridgehead atoms. The van der Waals surface area contributed by atoms with Gasteiger partial charge in [0, 0.05) is 6.04 Å². The topological polar surface area (TPSA) is 213 Å². The SMILES string of the molecule is CC(C)C[C@@H](N)C(=O)C(C(=O)OCc1ccccc1)(C(=O)[C@@H](C)N)C(C)CC(N)C(O)S(=O)(=O)O.[NaH]. The van der Waals surface area contributed by atoms with Gasteiger partial charge in [0.05, 0.1) is 12.1 Å². The van der Waals surface area contributed by atoms with Crippen molar-refractivity contribution in [3.05, 3.63) is 35.9 Å². The van der Waals surface area contributed by atoms with Gasteiger partial charge in [-0.2, -0.15) is 8.42 Å². The fraction of sp³-hybridized carbons (Fsp3) is 0.609. The van der Waals surface area contributed by atoms with Crippen molar-refractivity contribution in [3.63, 3.8) is 0 Å². The molecule has 200 valence electrons. The van der Waals surface area contributed by atoms with Gasteiger partial charge in [0.2, 0.25) is 0 Å². The third-order valence-corrected chi connectivity index (χ3v) is 6.78. The van der Waals surface area contributed by atoms with E-state index >= 15 is 0 Å². The van der Waals surface area contributed by atoms with Gasteiger partial charge in [-0.3, -0.25) is 18.9 Å². The number of nitrogens with two attached hydrogens (primary N) is 3. The zero-order valence-electron chi connectivity index (χ0n) is 20.5. The van der Waals surface area contributed by atoms with Gasteiger partial charge in [0.1, 0.15) is 6.61 Å². The van der Waals surface area contributed by atoms with E-state index in [2.05, 4.69) is 0 Å². The van der Waals surface area contributed by atoms with Crippen LogP contribution in [0.3, 0.4) is 0 Å². The molecular weight excluding hydrogens is 501 g/mol. The first kappa shape index (κ1) is 34.8. The molecule has 1 aromatic rings. The van der Waals surface area contributed by atoms with Crippen LogP contribution >= 0.6 is 0 Å². The Kier molecular flexibility index (Phi) is 14.2. The van der Waals surface area contributed by atoms with E-state index in [1.54, 1.807) is 44.2 Å². The van der Waals surface area contributed by atoms with Crippen LogP contribution < -0.4 is 17.2 Å². The van der Waals surface area contributed by atoms with Crippen molar-refractivity contribution in [2.24, 2.45) is 34.5 Å². The fourth-order valence-electron chi connectivity index (χ4n) is 4.04. The molecule has 8 N–H and O–H groups in total. The summed E-state index contributed by atoms with van der Waals surface area (Å²) in [5.41, 5.74) is 13.4. The number of hydrogen-bond acceptors (Lipinski definition) is 10. The van der Waals surface area contributed by atoms with Gasteiger partial charge in [-0.25, -0.2) is 0 Å². The van der Waals surface area contributed by atoms with Crippen LogP contribution in [0.25, 0.3) is 0 Å². The molecule has 11 nitrogen and oxygen atoms in total. The van der Waals surface area contributed by atoms with Crippen LogP contribution in [0.15, 0.2) is 30.3 Å². The number of hydrogen-bond donors (Lipinski definition) is 5. The number of aliphatic hydroxyl groups excluding tert-OH is 1. The Morgan fingerprint density at radius 2 is 1.50 bits per heavy atom. The number of benzene rings is 1. The average molecular weight is 540 g/mol. The van der Waals surface area contributed by atoms with Gasteiger partial charge in [-0.15, -0.1) is 0 Å². The first-order valence-electron chi connectivity index (χ1n) is 11.3. The number of ether oxygens (including phenoxy) is 1. The molecule has 4 unspecified atom stereocenters. The summed E-state index contributed by atoms with van der Waals surface area (Å²) in [6, 6.07) is 4.36. The van der Waals surface area contributed by atoms with Gasteiger partial charge in [0.15, 0.2) is 22.4 Å². The van der Waals surface area contributed by atoms with Crippen LogP contribution in [0.1, 0.15) is 46.1 Å². The summed E-state index contributed by atoms with van der Waals surface area (Å²) in [5, 5.41) is 9.88. The van der Waals surface area contributed by atoms with Crippen LogP contribution in [0.2, 0.25) is 0 Å². The quantitative estimate of drug-likeness (QED) is 0.0878. The zero-order chi connectivity index (χ0) is 27.1. The molecule has 36 heavy (non-hydrogen) atoms. The molecule has 0 amide bonds. The van der Waals surface area contributed by atoms with E-state index < -0.39 is 69.0 Å². The molecule has 1 rings (SSSR count). The first-order chi connectivity index (χ1) is 16.1. The number of rotatable bonds is 14. The van der Waals surface area contributed by atoms with Gasteiger partial charge in [0.25, 0.3) is 10.1 Å². The number of carbonyl (C=O) groups is 3. The minimum absolute atomic E-state index is 0. The molecule has 6 atom stereocenters. The maximum absolute atomic E-state index is 13.7. The Morgan fingerprint density at radius 3 is 1.94 bits per heavy atom. The Bertz CT molecular complexity index is 990. The van der Waals surface area contributed by atoms with Gasteiger partial charge in [-0.05, 0) is 37.2 Å². The fourth-order valence-corrected chi connectivity index (χ4v) is 4.59. The molecule has 0 aliphatic rings. The van der Waals surface area contributed by atoms with Crippen molar-refractivity contribution in [2.45, 2.75) is 70.7 Å². The molecule has 13 heteroatoms. The van der Waals surface area contributed by atoms with Crippen LogP contribution in [-0.4, -0.2) is 88.7 Å². The van der Waals surface area contributed by atoms with E-state index in [0.29, 0.717) is 5.56 Å². The molecule has 0 aliphatic heterocycles. The second-order valence-corrected chi connectivity index (χ2v) is 10.8. The molecule has 0 aromatic heterocycles. The molecule has 0 aliphatic carbocycles. The summed E-state index contributed by atoms with van der Waals surface area (Å²) in [7, 11) is -4.95. The molecule has 0 saturated heterocycles. The third kappa shape index (κ3) is 8.67. The summed E-state index contributed by atoms with van der Waals surface area (Å²) >= 11 is 0. The van der Waals surface area contributed by atoms with Crippen LogP contribution in [0.5, 0.6) is 0 Å². The normalized spacial score (nSPS) is 17.6. The van der Waals surface area contributed by atoms with Crippen molar-refractivity contribution in [3.8, 4) is 0 Å². The molecule has 0 radical (unpaired) electrons. The Morgan fingerprint density at radius 1 is 0.972 bits per heavy atom. The van der Waals surface area contributed by atoms with E-state index in [1.807, 2.05) is 0 Å². The monoisotopic (exact) mass is 539 g/mol. The van der Waals surface area contributed by atoms with Gasteiger partial charge < -0.3 is 27.0 Å². The minimum atomic E-state index is -4.95. The van der Waals surface area contributed by atoms with E-state index in [-0.39, 0.29) is 48.5 Å². The number of aliphatic hydroxyl groups is 1. The standard InChI is InChI=1S/C23H37N3O8S.Na.H/c1-13(2)10-17(25)20(28)23(19(27)15(4)24,14(3)11-18(26)21(29)35(31,32)33)22(30)34-12-16-8-6-5-7-9-16;;/h5-9,13-15,17-18,21,29H,10-12,24-26H2,1-4H3,(H,31,32,33);;/t14?,15-,17-,18?,21?,23?;;/m1../s1. The summed E-state index contributed by atoms with van der Waals surface area (Å²) in [6.07, 6.45) is -0.384. The second kappa shape index (κ2) is 14.6. The van der Waals surface area contributed by atoms with E-state index in [1.165, 1.54) is 13.8 Å². The molecule has 1 aromatic carbocycles. The maximum atomic E-state index is 13.7. The van der Waals surface area contributed by atoms with Gasteiger partial charge in [-0.1, -0.05) is 51.1 Å². The van der Waals surface area contributed by atoms with Crippen molar-refractivity contribution < 1.29 is 37.2 Å². The summed E-state index contributed by atoms with van der Waals surface area (Å²) in [6.45, 7) is 5.96. The van der Waals surface area contributed by atoms with E-state index in [4.69, 9.17) is 26.5 Å². The van der Waals surface area contributed by atoms with Crippen molar-refractivity contribution >= 4 is 57.2 Å². The van der Waals surface area contributed by atoms with Crippen molar-refractivity contribution in [1.82, 2.24) is 0 Å². The predicted molar refractivity (Wildman–Crippen MR) is 136 cm³/mol. The molecular formula is C23H38N3NaO8S. The Labute approximate surface area is 234 Å². The zero-order valence-corrected chi connectivity index (χ0v) is 21.3. The number of esters is 1. The van der Waals surface area contributed by atoms with Crippen molar-refractivity contribution in [2.75, 3.05) is 0 Å². The Hall–Kier alpha value is -1.22. The van der Waals surface area contributed by atoms with Crippen LogP contribution in [-0.2, 0) is 35.8 Å². The molecule has 0 heterocycles. The second-order valence-electron chi connectivity index (χ2n) is 9.33. The number of ketones is 2. The predicted octanol–water partition coefficient (Wildman–Crippen LogP) is -0.514. The third-order valence-electron chi connectivity index (χ3n) is 5.82.